The maximum Gasteiger partial charge on any atom is 0.0995 e. The fourth-order valence-corrected chi connectivity index (χ4v) is 3.57. The van der Waals surface area contributed by atoms with Crippen LogP contribution < -0.4 is 10.2 Å². The number of fused-ring (bicyclic) bond motifs is 1. The third-order valence-electron chi connectivity index (χ3n) is 4.98. The maximum absolute atomic E-state index is 9.28. The van der Waals surface area contributed by atoms with Gasteiger partial charge in [-0.25, -0.2) is 0 Å². The van der Waals surface area contributed by atoms with Crippen molar-refractivity contribution >= 4 is 11.4 Å². The van der Waals surface area contributed by atoms with Gasteiger partial charge in [0, 0.05) is 19.6 Å². The van der Waals surface area contributed by atoms with Gasteiger partial charge in [-0.1, -0.05) is 54.6 Å². The van der Waals surface area contributed by atoms with E-state index in [0.717, 1.165) is 36.3 Å². The predicted octanol–water partition coefficient (Wildman–Crippen LogP) is 4.73. The molecule has 26 heavy (non-hydrogen) atoms. The lowest BCUT2D eigenvalue weighted by molar-refractivity contribution is 0.732. The van der Waals surface area contributed by atoms with E-state index in [9.17, 15) is 5.26 Å². The van der Waals surface area contributed by atoms with E-state index < -0.39 is 0 Å². The zero-order chi connectivity index (χ0) is 17.8. The SMILES string of the molecule is N#Cc1ccccc1CNc1ccccc1N1CCc2ccccc2C1. The van der Waals surface area contributed by atoms with Crippen LogP contribution in [0.1, 0.15) is 22.3 Å². The van der Waals surface area contributed by atoms with Gasteiger partial charge in [0.1, 0.15) is 0 Å². The minimum Gasteiger partial charge on any atom is -0.379 e. The lowest BCUT2D eigenvalue weighted by Gasteiger charge is -2.32. The summed E-state index contributed by atoms with van der Waals surface area (Å²) in [6, 6.07) is 27.1. The zero-order valence-electron chi connectivity index (χ0n) is 14.7. The summed E-state index contributed by atoms with van der Waals surface area (Å²) in [4.78, 5) is 2.43. The largest absolute Gasteiger partial charge is 0.379 e. The third kappa shape index (κ3) is 3.27. The Hall–Kier alpha value is -3.25. The van der Waals surface area contributed by atoms with Crippen molar-refractivity contribution in [3.8, 4) is 6.07 Å². The van der Waals surface area contributed by atoms with Crippen LogP contribution in [0.15, 0.2) is 72.8 Å². The summed E-state index contributed by atoms with van der Waals surface area (Å²) in [6.07, 6.45) is 1.07. The van der Waals surface area contributed by atoms with E-state index in [0.29, 0.717) is 6.54 Å². The van der Waals surface area contributed by atoms with Gasteiger partial charge in [0.05, 0.1) is 23.0 Å². The molecule has 3 heteroatoms. The number of hydrogen-bond donors (Lipinski definition) is 1. The topological polar surface area (TPSA) is 39.1 Å². The van der Waals surface area contributed by atoms with Gasteiger partial charge >= 0.3 is 0 Å². The number of nitrogens with one attached hydrogen (secondary N) is 1. The molecule has 0 unspecified atom stereocenters. The van der Waals surface area contributed by atoms with Crippen molar-refractivity contribution in [1.82, 2.24) is 0 Å². The fourth-order valence-electron chi connectivity index (χ4n) is 3.57. The minimum atomic E-state index is 0.644. The third-order valence-corrected chi connectivity index (χ3v) is 4.98. The minimum absolute atomic E-state index is 0.644. The molecule has 4 rings (SSSR count). The molecular weight excluding hydrogens is 318 g/mol. The van der Waals surface area contributed by atoms with Crippen molar-refractivity contribution in [3.05, 3.63) is 95.1 Å². The summed E-state index contributed by atoms with van der Waals surface area (Å²) in [5, 5.41) is 12.8. The molecule has 0 aliphatic carbocycles. The Morgan fingerprint density at radius 2 is 1.62 bits per heavy atom. The van der Waals surface area contributed by atoms with Gasteiger partial charge < -0.3 is 10.2 Å². The van der Waals surface area contributed by atoms with Crippen LogP contribution in [0.2, 0.25) is 0 Å². The molecule has 128 valence electrons. The Morgan fingerprint density at radius 1 is 0.885 bits per heavy atom. The second-order valence-electron chi connectivity index (χ2n) is 6.58. The lowest BCUT2D eigenvalue weighted by Crippen LogP contribution is -2.30. The van der Waals surface area contributed by atoms with Crippen molar-refractivity contribution < 1.29 is 0 Å². The van der Waals surface area contributed by atoms with Crippen molar-refractivity contribution in [1.29, 1.82) is 5.26 Å². The number of nitriles is 1. The molecule has 0 bridgehead atoms. The molecule has 1 N–H and O–H groups in total. The zero-order valence-corrected chi connectivity index (χ0v) is 14.7. The number of anilines is 2. The average Bonchev–Trinajstić information content (AvgIpc) is 2.72. The molecule has 1 aliphatic heterocycles. The van der Waals surface area contributed by atoms with Crippen molar-refractivity contribution in [2.75, 3.05) is 16.8 Å². The van der Waals surface area contributed by atoms with E-state index in [1.165, 1.54) is 16.8 Å². The van der Waals surface area contributed by atoms with Gasteiger partial charge in [0.15, 0.2) is 0 Å². The molecule has 0 aromatic heterocycles. The van der Waals surface area contributed by atoms with Gasteiger partial charge in [-0.3, -0.25) is 0 Å². The first-order chi connectivity index (χ1) is 12.8. The maximum atomic E-state index is 9.28. The summed E-state index contributed by atoms with van der Waals surface area (Å²) in [6.45, 7) is 2.60. The Bertz CT molecular complexity index is 955. The number of nitrogens with zero attached hydrogens (tertiary/aromatic N) is 2. The summed E-state index contributed by atoms with van der Waals surface area (Å²) in [5.41, 5.74) is 6.94. The van der Waals surface area contributed by atoms with E-state index in [-0.39, 0.29) is 0 Å². The number of hydrogen-bond acceptors (Lipinski definition) is 3. The quantitative estimate of drug-likeness (QED) is 0.747. The van der Waals surface area contributed by atoms with Gasteiger partial charge in [-0.05, 0) is 41.3 Å². The summed E-state index contributed by atoms with van der Waals surface area (Å²) in [7, 11) is 0. The van der Waals surface area contributed by atoms with Crippen molar-refractivity contribution in [2.24, 2.45) is 0 Å². The number of rotatable bonds is 4. The molecule has 1 aliphatic rings. The van der Waals surface area contributed by atoms with Crippen LogP contribution >= 0.6 is 0 Å². The first kappa shape index (κ1) is 16.2. The van der Waals surface area contributed by atoms with Crippen LogP contribution in [0.4, 0.5) is 11.4 Å². The standard InChI is InChI=1S/C23H21N3/c24-15-19-8-2-3-9-20(19)16-25-22-11-5-6-12-23(22)26-14-13-18-7-1-4-10-21(18)17-26/h1-12,25H,13-14,16-17H2. The molecule has 3 aromatic carbocycles. The monoisotopic (exact) mass is 339 g/mol. The summed E-state index contributed by atoms with van der Waals surface area (Å²) < 4.78 is 0. The second kappa shape index (κ2) is 7.33. The van der Waals surface area contributed by atoms with Crippen LogP contribution in [-0.4, -0.2) is 6.54 Å². The highest BCUT2D eigenvalue weighted by Gasteiger charge is 2.18. The Morgan fingerprint density at radius 3 is 2.50 bits per heavy atom. The second-order valence-corrected chi connectivity index (χ2v) is 6.58. The van der Waals surface area contributed by atoms with Crippen LogP contribution in [0, 0.1) is 11.3 Å². The molecule has 0 radical (unpaired) electrons. The highest BCUT2D eigenvalue weighted by molar-refractivity contribution is 5.70. The van der Waals surface area contributed by atoms with Crippen molar-refractivity contribution in [2.45, 2.75) is 19.5 Å². The number of benzene rings is 3. The molecule has 0 amide bonds. The van der Waals surface area contributed by atoms with Crippen LogP contribution in [0.25, 0.3) is 0 Å². The van der Waals surface area contributed by atoms with Crippen molar-refractivity contribution in [3.63, 3.8) is 0 Å². The fraction of sp³-hybridized carbons (Fsp3) is 0.174. The van der Waals surface area contributed by atoms with Gasteiger partial charge in [0.2, 0.25) is 0 Å². The molecule has 3 nitrogen and oxygen atoms in total. The normalized spacial score (nSPS) is 13.0. The lowest BCUT2D eigenvalue weighted by atomic mass is 9.99. The highest BCUT2D eigenvalue weighted by atomic mass is 15.1. The Balaban J connectivity index is 1.55. The van der Waals surface area contributed by atoms with Crippen LogP contribution in [0.5, 0.6) is 0 Å². The van der Waals surface area contributed by atoms with E-state index >= 15 is 0 Å². The first-order valence-electron chi connectivity index (χ1n) is 8.98. The molecule has 1 heterocycles. The van der Waals surface area contributed by atoms with Gasteiger partial charge in [0.25, 0.3) is 0 Å². The van der Waals surface area contributed by atoms with E-state index in [1.54, 1.807) is 0 Å². The highest BCUT2D eigenvalue weighted by Crippen LogP contribution is 2.30. The van der Waals surface area contributed by atoms with Gasteiger partial charge in [-0.15, -0.1) is 0 Å². The number of para-hydroxylation sites is 2. The van der Waals surface area contributed by atoms with Crippen LogP contribution in [0.3, 0.4) is 0 Å². The molecule has 3 aromatic rings. The first-order valence-corrected chi connectivity index (χ1v) is 8.98. The Labute approximate surface area is 154 Å². The van der Waals surface area contributed by atoms with Gasteiger partial charge in [-0.2, -0.15) is 5.26 Å². The predicted molar refractivity (Wildman–Crippen MR) is 106 cm³/mol. The molecule has 0 spiro atoms. The van der Waals surface area contributed by atoms with Crippen LogP contribution in [-0.2, 0) is 19.5 Å². The molecule has 0 atom stereocenters. The summed E-state index contributed by atoms with van der Waals surface area (Å²) in [5.74, 6) is 0. The molecular formula is C23H21N3. The molecule has 0 fully saturated rings. The van der Waals surface area contributed by atoms with E-state index in [2.05, 4.69) is 64.8 Å². The average molecular weight is 339 g/mol. The Kier molecular flexibility index (Phi) is 4.57. The smallest absolute Gasteiger partial charge is 0.0995 e. The summed E-state index contributed by atoms with van der Waals surface area (Å²) >= 11 is 0. The molecule has 0 saturated heterocycles. The van der Waals surface area contributed by atoms with E-state index in [4.69, 9.17) is 0 Å². The molecule has 0 saturated carbocycles. The van der Waals surface area contributed by atoms with E-state index in [1.807, 2.05) is 24.3 Å².